The molecule has 0 atom stereocenters. The van der Waals surface area contributed by atoms with Gasteiger partial charge in [-0.25, -0.2) is 0 Å². The van der Waals surface area contributed by atoms with E-state index in [1.165, 1.54) is 0 Å². The van der Waals surface area contributed by atoms with E-state index in [0.717, 1.165) is 0 Å². The molecule has 0 unspecified atom stereocenters. The molecule has 2 radical (unpaired) electrons. The second kappa shape index (κ2) is 44.8. The topological polar surface area (TPSA) is 405 Å². The van der Waals surface area contributed by atoms with Crippen LogP contribution in [-0.4, -0.2) is 81.4 Å². The molecule has 0 aromatic heterocycles. The summed E-state index contributed by atoms with van der Waals surface area (Å²) >= 11 is 0. The molecule has 0 saturated carbocycles. The minimum Gasteiger partial charge on any atom is -2.00 e. The quantitative estimate of drug-likeness (QED) is 0.130. The zero-order valence-electron chi connectivity index (χ0n) is 13.4. The molecule has 0 amide bonds. The van der Waals surface area contributed by atoms with Crippen molar-refractivity contribution in [3.63, 3.8) is 0 Å². The number of aliphatic hydroxyl groups excluding tert-OH is 6. The van der Waals surface area contributed by atoms with Gasteiger partial charge in [-0.2, -0.15) is 0 Å². The molecule has 0 aliphatic rings. The smallest absolute Gasteiger partial charge is 0.164 e. The zero-order chi connectivity index (χ0) is 13.2. The summed E-state index contributed by atoms with van der Waals surface area (Å²) in [7, 11) is 0. The Balaban J connectivity index is -0.0000000109. The van der Waals surface area contributed by atoms with Crippen LogP contribution in [0.1, 0.15) is 0 Å². The van der Waals surface area contributed by atoms with Crippen LogP contribution in [0.4, 0.5) is 0 Å². The van der Waals surface area contributed by atoms with Gasteiger partial charge in [-0.1, -0.05) is 0 Å². The van der Waals surface area contributed by atoms with E-state index in [4.69, 9.17) is 30.6 Å². The van der Waals surface area contributed by atoms with Gasteiger partial charge in [0, 0.05) is 40.8 Å². The van der Waals surface area contributed by atoms with Crippen molar-refractivity contribution in [3.8, 4) is 0 Å². The Morgan fingerprint density at radius 2 is 0.462 bits per heavy atom. The van der Waals surface area contributed by atoms with Crippen molar-refractivity contribution in [2.75, 3.05) is 39.6 Å². The Labute approximate surface area is 177 Å². The van der Waals surface area contributed by atoms with Gasteiger partial charge < -0.3 is 85.9 Å². The molecule has 12 N–H and O–H groups in total. The summed E-state index contributed by atoms with van der Waals surface area (Å²) in [4.78, 5) is 0. The first-order chi connectivity index (χ1) is 7.36. The van der Waals surface area contributed by atoms with E-state index in [2.05, 4.69) is 11.5 Å². The second-order valence-electron chi connectivity index (χ2n) is 3.95. The maximum absolute atomic E-state index is 8.40. The Bertz CT molecular complexity index is 144. The fraction of sp³-hybridized carbons (Fsp3) is 1.00. The van der Waals surface area contributed by atoms with Gasteiger partial charge in [0.15, 0.2) is 11.1 Å². The minimum atomic E-state index is -0.958. The van der Waals surface area contributed by atoms with Crippen LogP contribution in [-0.2, 0) is 84.7 Å². The summed E-state index contributed by atoms with van der Waals surface area (Å²) in [5.41, 5.74) is 4.83. The van der Waals surface area contributed by atoms with Crippen LogP contribution in [0.2, 0.25) is 0 Å². The summed E-state index contributed by atoms with van der Waals surface area (Å²) in [6.45, 7) is -1.75. The van der Waals surface area contributed by atoms with Gasteiger partial charge in [0.1, 0.15) is 39.6 Å². The molecule has 18 heteroatoms. The first kappa shape index (κ1) is 81.6. The van der Waals surface area contributed by atoms with E-state index >= 15 is 0 Å². The number of hydrogen-bond acceptors (Lipinski definition) is 6. The first-order valence-electron chi connectivity index (χ1n) is 4.73. The van der Waals surface area contributed by atoms with E-state index in [-0.39, 0.29) is 124 Å². The van der Waals surface area contributed by atoms with E-state index < -0.39 is 11.1 Å². The molecule has 0 aromatic rings. The van der Waals surface area contributed by atoms with Crippen LogP contribution in [0.25, 0.3) is 0 Å². The third-order valence-electron chi connectivity index (χ3n) is 2.01. The molecule has 0 aromatic carbocycles. The molecule has 0 aliphatic carbocycles. The number of hydrogen-bond donors (Lipinski definition) is 8. The molecule has 16 nitrogen and oxygen atoms in total. The minimum absolute atomic E-state index is 0. The van der Waals surface area contributed by atoms with Crippen LogP contribution in [0.5, 0.6) is 0 Å². The van der Waals surface area contributed by atoms with Gasteiger partial charge in [-0.3, -0.25) is 0 Å². The summed E-state index contributed by atoms with van der Waals surface area (Å²) in [6.07, 6.45) is 0. The van der Waals surface area contributed by atoms with Crippen LogP contribution >= 0.6 is 0 Å². The maximum atomic E-state index is 8.40. The van der Waals surface area contributed by atoms with Crippen LogP contribution in [0, 0.1) is 0 Å². The van der Waals surface area contributed by atoms with Crippen LogP contribution in [0.3, 0.4) is 0 Å². The standard InChI is InChI=1S/2C4H11NO3.8O.2Re/c2*5-4(1-6,2-7)3-8;;;;;;;;;;/h2*6-8H,1-3,5H2;;;;;;;;;;/q;;8*-2;;/p+2. The fourth-order valence-electron chi connectivity index (χ4n) is 0.300. The molecule has 0 bridgehead atoms. The first-order valence-corrected chi connectivity index (χ1v) is 4.73. The van der Waals surface area contributed by atoms with E-state index in [9.17, 15) is 0 Å². The predicted molar refractivity (Wildman–Crippen MR) is 59.2 cm³/mol. The molecule has 0 saturated heterocycles. The van der Waals surface area contributed by atoms with Crippen molar-refractivity contribution in [2.45, 2.75) is 11.1 Å². The Morgan fingerprint density at radius 3 is 0.462 bits per heavy atom. The van der Waals surface area contributed by atoms with Gasteiger partial charge in [-0.15, -0.1) is 0 Å². The largest absolute Gasteiger partial charge is 2.00 e. The van der Waals surface area contributed by atoms with Crippen molar-refractivity contribution in [1.82, 2.24) is 0 Å². The predicted octanol–water partition coefficient (Wildman–Crippen LogP) is -7.07. The summed E-state index contributed by atoms with van der Waals surface area (Å²) in [6, 6.07) is 0. The van der Waals surface area contributed by atoms with Gasteiger partial charge in [-0.05, 0) is 0 Å². The van der Waals surface area contributed by atoms with Gasteiger partial charge in [0.05, 0.1) is 0 Å². The molecular formula is C8H24N2O14Re2-14. The monoisotopic (exact) mass is 746 g/mol. The molecule has 0 aliphatic heterocycles. The van der Waals surface area contributed by atoms with Gasteiger partial charge in [0.2, 0.25) is 0 Å². The second-order valence-corrected chi connectivity index (χ2v) is 3.95. The number of rotatable bonds is 6. The summed E-state index contributed by atoms with van der Waals surface area (Å²) < 4.78 is 0. The maximum Gasteiger partial charge on any atom is 0.164 e. The van der Waals surface area contributed by atoms with Crippen molar-refractivity contribution >= 4 is 0 Å². The molecule has 0 heterocycles. The average Bonchev–Trinajstić information content (AvgIpc) is 2.37. The van der Waals surface area contributed by atoms with Crippen molar-refractivity contribution < 1.29 is 127 Å². The normalized spacial score (nSPS) is 7.38. The van der Waals surface area contributed by atoms with Crippen LogP contribution in [0.15, 0.2) is 0 Å². The zero-order valence-corrected chi connectivity index (χ0v) is 18.8. The third kappa shape index (κ3) is 39.7. The molecule has 0 fully saturated rings. The van der Waals surface area contributed by atoms with Crippen molar-refractivity contribution in [2.24, 2.45) is 0 Å². The average molecular weight is 745 g/mol. The summed E-state index contributed by atoms with van der Waals surface area (Å²) in [5, 5.41) is 50.4. The van der Waals surface area contributed by atoms with Crippen molar-refractivity contribution in [1.29, 1.82) is 0 Å². The molecule has 178 valence electrons. The van der Waals surface area contributed by atoms with E-state index in [1.54, 1.807) is 0 Å². The fourth-order valence-corrected chi connectivity index (χ4v) is 0.300. The number of aliphatic hydroxyl groups is 6. The van der Waals surface area contributed by atoms with E-state index in [1.807, 2.05) is 0 Å². The van der Waals surface area contributed by atoms with E-state index in [0.29, 0.717) is 0 Å². The van der Waals surface area contributed by atoms with Gasteiger partial charge in [0.25, 0.3) is 0 Å². The molecule has 26 heavy (non-hydrogen) atoms. The molecule has 0 rings (SSSR count). The molecular weight excluding hydrogens is 721 g/mol. The molecule has 0 spiro atoms. The third-order valence-corrected chi connectivity index (χ3v) is 2.01. The van der Waals surface area contributed by atoms with Gasteiger partial charge >= 0.3 is 0 Å². The Kier molecular flexibility index (Phi) is 141. The Hall–Kier alpha value is 0.685. The SMILES string of the molecule is [NH3+]C(CO)(CO)CO.[NH3+]C(CO)(CO)CO.[O-2].[O-2].[O-2].[O-2].[O-2].[O-2].[O-2].[O-2].[Re].[Re]. The number of quaternary nitrogens is 2. The van der Waals surface area contributed by atoms with Crippen molar-refractivity contribution in [3.05, 3.63) is 0 Å². The Morgan fingerprint density at radius 1 is 0.385 bits per heavy atom. The summed E-state index contributed by atoms with van der Waals surface area (Å²) in [5.74, 6) is 0. The van der Waals surface area contributed by atoms with Crippen LogP contribution < -0.4 is 11.5 Å².